The molecule has 3 aromatic rings. The summed E-state index contributed by atoms with van der Waals surface area (Å²) in [5.74, 6) is -1.10. The number of benzene rings is 2. The fourth-order valence-electron chi connectivity index (χ4n) is 3.60. The molecule has 39 heavy (non-hydrogen) atoms. The molecule has 0 unspecified atom stereocenters. The number of nitrogens with two attached hydrogens (primary N) is 1. The number of sulfonamides is 2. The van der Waals surface area contributed by atoms with Crippen LogP contribution in [0.5, 0.6) is 0 Å². The Kier molecular flexibility index (Phi) is 9.74. The zero-order chi connectivity index (χ0) is 28.8. The molecule has 0 aliphatic carbocycles. The first-order valence-corrected chi connectivity index (χ1v) is 15.5. The quantitative estimate of drug-likeness (QED) is 0.250. The monoisotopic (exact) mass is 592 g/mol. The van der Waals surface area contributed by atoms with Gasteiger partial charge in [0.05, 0.1) is 33.0 Å². The highest BCUT2D eigenvalue weighted by molar-refractivity contribution is 7.89. The number of fused-ring (bicyclic) bond motifs is 1. The minimum Gasteiger partial charge on any atom is -0.466 e. The van der Waals surface area contributed by atoms with Crippen molar-refractivity contribution in [3.63, 3.8) is 0 Å². The summed E-state index contributed by atoms with van der Waals surface area (Å²) in [7, 11) is -7.81. The molecule has 0 radical (unpaired) electrons. The van der Waals surface area contributed by atoms with Crippen molar-refractivity contribution in [1.29, 1.82) is 0 Å². The highest BCUT2D eigenvalue weighted by Crippen LogP contribution is 2.22. The molecule has 0 atom stereocenters. The lowest BCUT2D eigenvalue weighted by Crippen LogP contribution is -2.31. The summed E-state index contributed by atoms with van der Waals surface area (Å²) in [5, 5.41) is 5.25. The van der Waals surface area contributed by atoms with Gasteiger partial charge in [0.15, 0.2) is 4.80 Å². The van der Waals surface area contributed by atoms with Crippen molar-refractivity contribution >= 4 is 53.5 Å². The molecular formula is C25H28N4O7S3. The first-order chi connectivity index (χ1) is 18.4. The molecule has 1 amide bonds. The molecule has 0 bridgehead atoms. The third-order valence-corrected chi connectivity index (χ3v) is 9.23. The second-order valence-electron chi connectivity index (χ2n) is 8.11. The van der Waals surface area contributed by atoms with Gasteiger partial charge in [-0.2, -0.15) is 9.30 Å². The van der Waals surface area contributed by atoms with E-state index in [9.17, 15) is 26.4 Å². The zero-order valence-electron chi connectivity index (χ0n) is 21.1. The van der Waals surface area contributed by atoms with Crippen LogP contribution in [-0.2, 0) is 36.1 Å². The Morgan fingerprint density at radius 3 is 2.23 bits per heavy atom. The van der Waals surface area contributed by atoms with Gasteiger partial charge in [-0.05, 0) is 49.4 Å². The van der Waals surface area contributed by atoms with E-state index < -0.39 is 31.9 Å². The van der Waals surface area contributed by atoms with Gasteiger partial charge in [-0.15, -0.1) is 13.2 Å². The molecule has 0 aliphatic heterocycles. The first-order valence-electron chi connectivity index (χ1n) is 11.6. The van der Waals surface area contributed by atoms with Gasteiger partial charge in [-0.1, -0.05) is 23.5 Å². The molecule has 2 N–H and O–H groups in total. The van der Waals surface area contributed by atoms with Crippen molar-refractivity contribution in [3.05, 3.63) is 78.1 Å². The van der Waals surface area contributed by atoms with Gasteiger partial charge in [-0.25, -0.2) is 22.0 Å². The Labute approximate surface area is 230 Å². The van der Waals surface area contributed by atoms with Gasteiger partial charge in [0.2, 0.25) is 20.0 Å². The SMILES string of the molecule is C=CCN(CC=C)S(=O)(=O)c1ccc(C(=O)N=c2sc3cc(S(N)(=O)=O)ccc3n2CCC(=O)OCC)cc1. The summed E-state index contributed by atoms with van der Waals surface area (Å²) in [4.78, 5) is 29.3. The molecule has 0 fully saturated rings. The van der Waals surface area contributed by atoms with Crippen molar-refractivity contribution in [2.45, 2.75) is 29.7 Å². The van der Waals surface area contributed by atoms with Crippen molar-refractivity contribution < 1.29 is 31.2 Å². The normalized spacial score (nSPS) is 12.5. The molecule has 1 heterocycles. The van der Waals surface area contributed by atoms with E-state index >= 15 is 0 Å². The molecule has 0 spiro atoms. The molecule has 1 aromatic heterocycles. The Hall–Kier alpha value is -3.43. The highest BCUT2D eigenvalue weighted by Gasteiger charge is 2.23. The van der Waals surface area contributed by atoms with Crippen LogP contribution in [0.1, 0.15) is 23.7 Å². The second kappa shape index (κ2) is 12.6. The van der Waals surface area contributed by atoms with Crippen LogP contribution in [0.15, 0.2) is 82.6 Å². The number of aromatic nitrogens is 1. The lowest BCUT2D eigenvalue weighted by molar-refractivity contribution is -0.143. The Morgan fingerprint density at radius 2 is 1.67 bits per heavy atom. The number of primary sulfonamides is 1. The van der Waals surface area contributed by atoms with Gasteiger partial charge in [0, 0.05) is 25.2 Å². The summed E-state index contributed by atoms with van der Waals surface area (Å²) in [6.45, 7) is 9.37. The van der Waals surface area contributed by atoms with E-state index in [1.54, 1.807) is 11.5 Å². The maximum absolute atomic E-state index is 13.0. The molecule has 14 heteroatoms. The average Bonchev–Trinajstić information content (AvgIpc) is 3.23. The van der Waals surface area contributed by atoms with Crippen molar-refractivity contribution in [2.24, 2.45) is 10.1 Å². The van der Waals surface area contributed by atoms with Gasteiger partial charge in [0.25, 0.3) is 5.91 Å². The van der Waals surface area contributed by atoms with E-state index in [0.717, 1.165) is 11.3 Å². The molecule has 0 saturated carbocycles. The Balaban J connectivity index is 2.02. The summed E-state index contributed by atoms with van der Waals surface area (Å²) in [5.41, 5.74) is 0.682. The predicted molar refractivity (Wildman–Crippen MR) is 148 cm³/mol. The second-order valence-corrected chi connectivity index (χ2v) is 12.6. The number of carbonyl (C=O) groups is 2. The van der Waals surface area contributed by atoms with E-state index in [1.807, 2.05) is 0 Å². The Morgan fingerprint density at radius 1 is 1.05 bits per heavy atom. The van der Waals surface area contributed by atoms with Gasteiger partial charge >= 0.3 is 5.97 Å². The highest BCUT2D eigenvalue weighted by atomic mass is 32.2. The van der Waals surface area contributed by atoms with Crippen molar-refractivity contribution in [3.8, 4) is 0 Å². The van der Waals surface area contributed by atoms with Crippen LogP contribution in [0.25, 0.3) is 10.2 Å². The van der Waals surface area contributed by atoms with E-state index in [4.69, 9.17) is 9.88 Å². The third kappa shape index (κ3) is 7.16. The number of ether oxygens (including phenoxy) is 1. The standard InChI is InChI=1S/C25H28N4O7S3/c1-4-14-28(15-5-2)39(34,35)19-9-7-18(8-10-19)24(31)27-25-29(16-13-23(30)36-6-3)21-12-11-20(38(26,32)33)17-22(21)37-25/h4-5,7-12,17H,1-2,6,13-16H2,3H3,(H2,26,32,33). The summed E-state index contributed by atoms with van der Waals surface area (Å²) in [6.07, 6.45) is 2.92. The molecule has 208 valence electrons. The van der Waals surface area contributed by atoms with Crippen LogP contribution in [0.3, 0.4) is 0 Å². The van der Waals surface area contributed by atoms with Crippen LogP contribution in [0.4, 0.5) is 0 Å². The van der Waals surface area contributed by atoms with Crippen molar-refractivity contribution in [2.75, 3.05) is 19.7 Å². The van der Waals surface area contributed by atoms with E-state index in [-0.39, 0.29) is 52.8 Å². The zero-order valence-corrected chi connectivity index (χ0v) is 23.6. The molecular weight excluding hydrogens is 564 g/mol. The van der Waals surface area contributed by atoms with E-state index in [2.05, 4.69) is 18.2 Å². The molecule has 11 nitrogen and oxygen atoms in total. The number of aryl methyl sites for hydroxylation is 1. The smallest absolute Gasteiger partial charge is 0.307 e. The van der Waals surface area contributed by atoms with Crippen LogP contribution >= 0.6 is 11.3 Å². The van der Waals surface area contributed by atoms with Crippen LogP contribution in [0.2, 0.25) is 0 Å². The fraction of sp³-hybridized carbons (Fsp3) is 0.240. The number of amides is 1. The summed E-state index contributed by atoms with van der Waals surface area (Å²) >= 11 is 1.05. The minimum atomic E-state index is -3.96. The first kappa shape index (κ1) is 30.1. The molecule has 0 saturated heterocycles. The lowest BCUT2D eigenvalue weighted by Gasteiger charge is -2.19. The number of carbonyl (C=O) groups excluding carboxylic acids is 2. The van der Waals surface area contributed by atoms with E-state index in [0.29, 0.717) is 10.2 Å². The third-order valence-electron chi connectivity index (χ3n) is 5.43. The number of thiazole rings is 1. The number of hydrogen-bond donors (Lipinski definition) is 1. The predicted octanol–water partition coefficient (Wildman–Crippen LogP) is 2.41. The molecule has 3 rings (SSSR count). The largest absolute Gasteiger partial charge is 0.466 e. The number of rotatable bonds is 12. The fourth-order valence-corrected chi connectivity index (χ4v) is 6.69. The topological polar surface area (TPSA) is 158 Å². The maximum Gasteiger partial charge on any atom is 0.307 e. The van der Waals surface area contributed by atoms with Crippen LogP contribution in [-0.4, -0.2) is 57.3 Å². The van der Waals surface area contributed by atoms with Crippen LogP contribution < -0.4 is 9.94 Å². The summed E-state index contributed by atoms with van der Waals surface area (Å²) in [6, 6.07) is 9.57. The molecule has 2 aromatic carbocycles. The van der Waals surface area contributed by atoms with Gasteiger partial charge < -0.3 is 9.30 Å². The van der Waals surface area contributed by atoms with Crippen molar-refractivity contribution in [1.82, 2.24) is 8.87 Å². The average molecular weight is 593 g/mol. The minimum absolute atomic E-state index is 0.00351. The van der Waals surface area contributed by atoms with Gasteiger partial charge in [-0.3, -0.25) is 9.59 Å². The lowest BCUT2D eigenvalue weighted by atomic mass is 10.2. The molecule has 0 aliphatic rings. The van der Waals surface area contributed by atoms with Gasteiger partial charge in [0.1, 0.15) is 0 Å². The summed E-state index contributed by atoms with van der Waals surface area (Å²) < 4.78 is 57.8. The number of nitrogens with zero attached hydrogens (tertiary/aromatic N) is 3. The maximum atomic E-state index is 13.0. The number of hydrogen-bond acceptors (Lipinski definition) is 8. The van der Waals surface area contributed by atoms with Crippen LogP contribution in [0, 0.1) is 0 Å². The van der Waals surface area contributed by atoms with E-state index in [1.165, 1.54) is 58.9 Å². The Bertz CT molecular complexity index is 1680. The number of esters is 1.